The number of rotatable bonds is 3. The molecule has 0 saturated heterocycles. The Morgan fingerprint density at radius 3 is 2.21 bits per heavy atom. The molecule has 96 valence electrons. The van der Waals surface area contributed by atoms with E-state index in [2.05, 4.69) is 19.7 Å². The van der Waals surface area contributed by atoms with Crippen LogP contribution < -0.4 is 4.74 Å². The summed E-state index contributed by atoms with van der Waals surface area (Å²) in [5.74, 6) is -1.61. The zero-order valence-electron chi connectivity index (χ0n) is 9.80. The van der Waals surface area contributed by atoms with Gasteiger partial charge in [0.15, 0.2) is 0 Å². The van der Waals surface area contributed by atoms with Gasteiger partial charge in [-0.1, -0.05) is 6.07 Å². The van der Waals surface area contributed by atoms with Crippen LogP contribution in [0.15, 0.2) is 36.4 Å². The van der Waals surface area contributed by atoms with Gasteiger partial charge in [0.1, 0.15) is 18.2 Å². The normalized spacial score (nSPS) is 9.58. The molecule has 2 aromatic rings. The summed E-state index contributed by atoms with van der Waals surface area (Å²) in [6.07, 6.45) is 0. The number of benzene rings is 2. The first kappa shape index (κ1) is 16.2. The number of halogens is 4. The molecule has 2 rings (SSSR count). The van der Waals surface area contributed by atoms with Crippen LogP contribution in [-0.2, 0) is 22.9 Å². The van der Waals surface area contributed by atoms with E-state index in [1.807, 2.05) is 0 Å². The van der Waals surface area contributed by atoms with Gasteiger partial charge in [0.2, 0.25) is 0 Å². The molecule has 0 spiro atoms. The van der Waals surface area contributed by atoms with Crippen LogP contribution in [0, 0.1) is 23.5 Å². The molecule has 0 aliphatic heterocycles. The summed E-state index contributed by atoms with van der Waals surface area (Å²) >= 11 is 4.25. The number of hydrogen-bond acceptors (Lipinski definition) is 1. The Morgan fingerprint density at radius 2 is 1.63 bits per heavy atom. The minimum absolute atomic E-state index is 0.0470. The molecule has 0 fully saturated rings. The summed E-state index contributed by atoms with van der Waals surface area (Å²) < 4.78 is 43.7. The van der Waals surface area contributed by atoms with Gasteiger partial charge in [-0.15, -0.1) is 12.1 Å². The second-order valence-corrected chi connectivity index (χ2v) is 3.44. The van der Waals surface area contributed by atoms with Crippen molar-refractivity contribution in [3.05, 3.63) is 65.5 Å². The summed E-state index contributed by atoms with van der Waals surface area (Å²) in [6, 6.07) is 9.50. The van der Waals surface area contributed by atoms with Crippen molar-refractivity contribution in [3.8, 4) is 5.75 Å². The van der Waals surface area contributed by atoms with Crippen molar-refractivity contribution < 1.29 is 34.3 Å². The summed E-state index contributed by atoms with van der Waals surface area (Å²) in [6.45, 7) is -0.0470. The monoisotopic (exact) mass is 380 g/mol. The Labute approximate surface area is 125 Å². The van der Waals surface area contributed by atoms with Gasteiger partial charge < -0.3 is 4.74 Å². The fourth-order valence-corrected chi connectivity index (χ4v) is 1.36. The molecule has 0 aliphatic rings. The SMILES string of the molecule is Fc1cc[c-]c(OCc2cc(F)cc(F)c2)c1.[Zn+][Br]. The van der Waals surface area contributed by atoms with E-state index in [9.17, 15) is 13.2 Å². The summed E-state index contributed by atoms with van der Waals surface area (Å²) in [4.78, 5) is 0. The molecule has 0 unspecified atom stereocenters. The van der Waals surface area contributed by atoms with Crippen LogP contribution in [0.25, 0.3) is 0 Å². The van der Waals surface area contributed by atoms with Gasteiger partial charge in [-0.3, -0.25) is 0 Å². The van der Waals surface area contributed by atoms with Gasteiger partial charge in [0.25, 0.3) is 0 Å². The first-order valence-corrected chi connectivity index (χ1v) is 12.1. The molecule has 0 amide bonds. The molecule has 0 bridgehead atoms. The second-order valence-electron chi connectivity index (χ2n) is 3.44. The van der Waals surface area contributed by atoms with Crippen molar-refractivity contribution in [1.82, 2.24) is 0 Å². The maximum atomic E-state index is 12.9. The first-order valence-electron chi connectivity index (χ1n) is 5.15. The van der Waals surface area contributed by atoms with Crippen molar-refractivity contribution >= 4 is 13.6 Å². The second kappa shape index (κ2) is 8.33. The van der Waals surface area contributed by atoms with E-state index in [-0.39, 0.29) is 12.4 Å². The Morgan fingerprint density at radius 1 is 1.00 bits per heavy atom. The summed E-state index contributed by atoms with van der Waals surface area (Å²) in [7, 11) is 0. The van der Waals surface area contributed by atoms with E-state index in [0.29, 0.717) is 5.56 Å². The van der Waals surface area contributed by atoms with Crippen molar-refractivity contribution in [3.63, 3.8) is 0 Å². The molecule has 6 heteroatoms. The third kappa shape index (κ3) is 5.75. The molecule has 0 atom stereocenters. The minimum atomic E-state index is -0.674. The molecule has 0 radical (unpaired) electrons. The zero-order chi connectivity index (χ0) is 14.3. The topological polar surface area (TPSA) is 9.23 Å². The fourth-order valence-electron chi connectivity index (χ4n) is 1.36. The van der Waals surface area contributed by atoms with E-state index >= 15 is 0 Å². The van der Waals surface area contributed by atoms with E-state index < -0.39 is 17.5 Å². The molecule has 2 aromatic carbocycles. The van der Waals surface area contributed by atoms with Crippen molar-refractivity contribution in [1.29, 1.82) is 0 Å². The average molecular weight is 382 g/mol. The molecule has 0 N–H and O–H groups in total. The van der Waals surface area contributed by atoms with E-state index in [1.54, 1.807) is 0 Å². The third-order valence-electron chi connectivity index (χ3n) is 2.05. The van der Waals surface area contributed by atoms with Gasteiger partial charge in [-0.25, -0.2) is 13.2 Å². The van der Waals surface area contributed by atoms with Crippen molar-refractivity contribution in [2.45, 2.75) is 6.61 Å². The van der Waals surface area contributed by atoms with Crippen LogP contribution in [0.4, 0.5) is 13.2 Å². The van der Waals surface area contributed by atoms with Gasteiger partial charge in [-0.05, 0) is 17.7 Å². The molecule has 0 aromatic heterocycles. The van der Waals surface area contributed by atoms with Crippen LogP contribution in [0.3, 0.4) is 0 Å². The van der Waals surface area contributed by atoms with Gasteiger partial charge in [0, 0.05) is 17.6 Å². The number of ether oxygens (including phenoxy) is 1. The quantitative estimate of drug-likeness (QED) is 0.567. The van der Waals surface area contributed by atoms with Crippen LogP contribution >= 0.6 is 13.6 Å². The van der Waals surface area contributed by atoms with E-state index in [4.69, 9.17) is 4.74 Å². The molecule has 19 heavy (non-hydrogen) atoms. The van der Waals surface area contributed by atoms with Gasteiger partial charge >= 0.3 is 30.0 Å². The predicted octanol–water partition coefficient (Wildman–Crippen LogP) is 4.33. The average Bonchev–Trinajstić information content (AvgIpc) is 2.38. The van der Waals surface area contributed by atoms with Crippen LogP contribution in [0.5, 0.6) is 5.75 Å². The van der Waals surface area contributed by atoms with Crippen molar-refractivity contribution in [2.24, 2.45) is 0 Å². The molecule has 0 saturated carbocycles. The Hall–Kier alpha value is -0.867. The molecular formula is C13H8BrF3OZn. The third-order valence-corrected chi connectivity index (χ3v) is 2.05. The maximum absolute atomic E-state index is 12.9. The molecular weight excluding hydrogens is 374 g/mol. The fraction of sp³-hybridized carbons (Fsp3) is 0.0769. The predicted molar refractivity (Wildman–Crippen MR) is 64.9 cm³/mol. The molecule has 1 nitrogen and oxygen atoms in total. The van der Waals surface area contributed by atoms with Crippen LogP contribution in [0.1, 0.15) is 5.56 Å². The summed E-state index contributed by atoms with van der Waals surface area (Å²) in [5.41, 5.74) is 0.333. The van der Waals surface area contributed by atoms with Crippen LogP contribution in [0.2, 0.25) is 0 Å². The molecule has 0 aliphatic carbocycles. The Bertz CT molecular complexity index is 517. The van der Waals surface area contributed by atoms with Gasteiger partial charge in [0.05, 0.1) is 0 Å². The van der Waals surface area contributed by atoms with Gasteiger partial charge in [-0.2, -0.15) is 6.07 Å². The van der Waals surface area contributed by atoms with Crippen molar-refractivity contribution in [2.75, 3.05) is 0 Å². The van der Waals surface area contributed by atoms with E-state index in [0.717, 1.165) is 24.3 Å². The van der Waals surface area contributed by atoms with Crippen LogP contribution in [-0.4, -0.2) is 0 Å². The number of hydrogen-bond donors (Lipinski definition) is 0. The Balaban J connectivity index is 0.000000861. The zero-order valence-corrected chi connectivity index (χ0v) is 14.4. The Kier molecular flexibility index (Phi) is 7.10. The summed E-state index contributed by atoms with van der Waals surface area (Å²) in [5, 5.41) is 0. The first-order chi connectivity index (χ1) is 9.13. The standard InChI is InChI=1S/C13H8F3O.BrH.Zn/c14-10-2-1-3-13(7-10)17-8-9-4-11(15)6-12(16)5-9;;/h1-2,4-7H,8H2;1H;/q-1;;+2/p-1. The van der Waals surface area contributed by atoms with E-state index in [1.165, 1.54) is 28.5 Å². The molecule has 0 heterocycles.